The minimum atomic E-state index is 0.405. The van der Waals surface area contributed by atoms with Gasteiger partial charge in [0.05, 0.1) is 6.20 Å². The van der Waals surface area contributed by atoms with Gasteiger partial charge >= 0.3 is 0 Å². The fourth-order valence-corrected chi connectivity index (χ4v) is 3.66. The lowest BCUT2D eigenvalue weighted by Gasteiger charge is -2.25. The summed E-state index contributed by atoms with van der Waals surface area (Å²) >= 11 is 0. The zero-order valence-electron chi connectivity index (χ0n) is 17.6. The predicted molar refractivity (Wildman–Crippen MR) is 110 cm³/mol. The number of nitrogens with zero attached hydrogens (tertiary/aromatic N) is 2. The Balaban J connectivity index is 0.000000238. The molecule has 0 aromatic carbocycles. The van der Waals surface area contributed by atoms with Crippen LogP contribution in [0.2, 0.25) is 0 Å². The summed E-state index contributed by atoms with van der Waals surface area (Å²) in [5.41, 5.74) is 1.63. The highest BCUT2D eigenvalue weighted by molar-refractivity contribution is 5.01. The van der Waals surface area contributed by atoms with Gasteiger partial charge in [-0.2, -0.15) is 5.10 Å². The van der Waals surface area contributed by atoms with Gasteiger partial charge in [0.2, 0.25) is 0 Å². The minimum absolute atomic E-state index is 0.405. The van der Waals surface area contributed by atoms with Gasteiger partial charge in [-0.1, -0.05) is 46.0 Å². The first-order valence-corrected chi connectivity index (χ1v) is 10.6. The molecule has 5 nitrogen and oxygen atoms in total. The van der Waals surface area contributed by atoms with E-state index in [-0.39, 0.29) is 0 Å². The quantitative estimate of drug-likeness (QED) is 0.654. The molecule has 5 heteroatoms. The van der Waals surface area contributed by atoms with Gasteiger partial charge in [-0.3, -0.25) is 5.10 Å². The first-order valence-electron chi connectivity index (χ1n) is 10.6. The topological polar surface area (TPSA) is 64.2 Å². The Morgan fingerprint density at radius 3 is 2.46 bits per heavy atom. The second-order valence-corrected chi connectivity index (χ2v) is 7.81. The monoisotopic (exact) mass is 366 g/mol. The van der Waals surface area contributed by atoms with Gasteiger partial charge in [0.15, 0.2) is 0 Å². The Kier molecular flexibility index (Phi) is 11.8. The maximum atomic E-state index is 9.19. The molecule has 1 aromatic heterocycles. The van der Waals surface area contributed by atoms with E-state index in [0.29, 0.717) is 12.0 Å². The number of hydrogen-bond donors (Lipinski definition) is 3. The highest BCUT2D eigenvalue weighted by atomic mass is 16.3. The van der Waals surface area contributed by atoms with E-state index in [0.717, 1.165) is 25.6 Å². The summed E-state index contributed by atoms with van der Waals surface area (Å²) in [6, 6.07) is 0. The van der Waals surface area contributed by atoms with Gasteiger partial charge in [-0.15, -0.1) is 0 Å². The van der Waals surface area contributed by atoms with E-state index in [1.165, 1.54) is 56.9 Å². The lowest BCUT2D eigenvalue weighted by Crippen LogP contribution is -2.26. The summed E-state index contributed by atoms with van der Waals surface area (Å²) in [5.74, 6) is 0.952. The van der Waals surface area contributed by atoms with E-state index in [1.807, 2.05) is 33.3 Å². The number of aromatic nitrogens is 2. The molecule has 2 aliphatic rings. The molecule has 152 valence electrons. The number of likely N-dealkylation sites (N-methyl/N-ethyl adjacent to an activating group) is 2. The molecule has 2 saturated carbocycles. The Hall–Kier alpha value is -0.910. The Morgan fingerprint density at radius 1 is 1.27 bits per heavy atom. The summed E-state index contributed by atoms with van der Waals surface area (Å²) in [6.07, 6.45) is 14.9. The molecule has 0 bridgehead atoms. The van der Waals surface area contributed by atoms with E-state index in [9.17, 15) is 5.11 Å². The predicted octanol–water partition coefficient (Wildman–Crippen LogP) is 3.82. The Labute approximate surface area is 161 Å². The molecule has 2 aliphatic carbocycles. The van der Waals surface area contributed by atoms with E-state index >= 15 is 0 Å². The van der Waals surface area contributed by atoms with Crippen LogP contribution in [0.25, 0.3) is 0 Å². The first-order chi connectivity index (χ1) is 12.7. The van der Waals surface area contributed by atoms with Crippen molar-refractivity contribution in [3.05, 3.63) is 18.0 Å². The molecule has 3 N–H and O–H groups in total. The molecule has 0 unspecified atom stereocenters. The standard InChI is InChI=1S/C11H20O.C8H16N4.C2H6/c12-9-11(6-7-11)8-10-4-2-1-3-5-10;1-9-3-4-12(2)7-8-5-10-11-6-8;1-2/h10,12H,1-9H2;5-6,9H,3-4,7H2,1-2H3,(H,10,11);1-2H3. The molecule has 0 amide bonds. The van der Waals surface area contributed by atoms with Crippen LogP contribution in [0, 0.1) is 11.3 Å². The zero-order valence-corrected chi connectivity index (χ0v) is 17.6. The van der Waals surface area contributed by atoms with E-state index in [2.05, 4.69) is 27.5 Å². The highest BCUT2D eigenvalue weighted by Crippen LogP contribution is 2.51. The fraction of sp³-hybridized carbons (Fsp3) is 0.857. The van der Waals surface area contributed by atoms with Crippen LogP contribution in [0.4, 0.5) is 0 Å². The smallest absolute Gasteiger partial charge is 0.0532 e. The summed E-state index contributed by atoms with van der Waals surface area (Å²) in [4.78, 5) is 2.25. The van der Waals surface area contributed by atoms with Crippen LogP contribution in [0.5, 0.6) is 0 Å². The van der Waals surface area contributed by atoms with Crippen LogP contribution in [0.15, 0.2) is 12.4 Å². The number of H-pyrrole nitrogens is 1. The van der Waals surface area contributed by atoms with Crippen molar-refractivity contribution in [3.8, 4) is 0 Å². The summed E-state index contributed by atoms with van der Waals surface area (Å²) < 4.78 is 0. The normalized spacial score (nSPS) is 18.5. The number of hydrogen-bond acceptors (Lipinski definition) is 4. The van der Waals surface area contributed by atoms with E-state index < -0.39 is 0 Å². The first kappa shape index (κ1) is 23.1. The van der Waals surface area contributed by atoms with Crippen molar-refractivity contribution in [1.82, 2.24) is 20.4 Å². The molecule has 0 aliphatic heterocycles. The van der Waals surface area contributed by atoms with Crippen LogP contribution >= 0.6 is 0 Å². The highest BCUT2D eigenvalue weighted by Gasteiger charge is 2.43. The number of aromatic amines is 1. The van der Waals surface area contributed by atoms with Gasteiger partial charge in [0.1, 0.15) is 0 Å². The van der Waals surface area contributed by atoms with Gasteiger partial charge in [-0.25, -0.2) is 0 Å². The molecule has 2 fully saturated rings. The van der Waals surface area contributed by atoms with Crippen LogP contribution in [0.3, 0.4) is 0 Å². The second kappa shape index (κ2) is 13.3. The maximum absolute atomic E-state index is 9.19. The minimum Gasteiger partial charge on any atom is -0.396 e. The average molecular weight is 367 g/mol. The molecule has 0 spiro atoms. The van der Waals surface area contributed by atoms with Gasteiger partial charge in [-0.05, 0) is 44.7 Å². The van der Waals surface area contributed by atoms with Crippen molar-refractivity contribution in [1.29, 1.82) is 0 Å². The van der Waals surface area contributed by atoms with Crippen molar-refractivity contribution in [2.45, 2.75) is 71.8 Å². The van der Waals surface area contributed by atoms with Crippen LogP contribution in [0.1, 0.15) is 70.8 Å². The van der Waals surface area contributed by atoms with Crippen molar-refractivity contribution in [3.63, 3.8) is 0 Å². The lowest BCUT2D eigenvalue weighted by molar-refractivity contribution is 0.169. The molecule has 26 heavy (non-hydrogen) atoms. The third-order valence-electron chi connectivity index (χ3n) is 5.49. The van der Waals surface area contributed by atoms with Gasteiger partial charge in [0, 0.05) is 38.0 Å². The molecular weight excluding hydrogens is 324 g/mol. The number of nitrogens with one attached hydrogen (secondary N) is 2. The van der Waals surface area contributed by atoms with E-state index in [1.54, 1.807) is 0 Å². The van der Waals surface area contributed by atoms with Crippen LogP contribution in [-0.2, 0) is 6.54 Å². The maximum Gasteiger partial charge on any atom is 0.0532 e. The number of aliphatic hydroxyl groups excluding tert-OH is 1. The fourth-order valence-electron chi connectivity index (χ4n) is 3.66. The van der Waals surface area contributed by atoms with Crippen molar-refractivity contribution >= 4 is 0 Å². The second-order valence-electron chi connectivity index (χ2n) is 7.81. The van der Waals surface area contributed by atoms with Crippen molar-refractivity contribution < 1.29 is 5.11 Å². The summed E-state index contributed by atoms with van der Waals surface area (Å²) in [5, 5.41) is 19.0. The average Bonchev–Trinajstić information content (AvgIpc) is 3.27. The molecule has 0 radical (unpaired) electrons. The molecule has 1 heterocycles. The van der Waals surface area contributed by atoms with Crippen molar-refractivity contribution in [2.75, 3.05) is 33.8 Å². The molecule has 0 atom stereocenters. The Morgan fingerprint density at radius 2 is 1.96 bits per heavy atom. The number of rotatable bonds is 8. The molecule has 1 aromatic rings. The zero-order chi connectivity index (χ0) is 19.3. The molecule has 3 rings (SSSR count). The molecule has 0 saturated heterocycles. The van der Waals surface area contributed by atoms with Crippen LogP contribution in [-0.4, -0.2) is 54.0 Å². The van der Waals surface area contributed by atoms with Crippen molar-refractivity contribution in [2.24, 2.45) is 11.3 Å². The number of aliphatic hydroxyl groups is 1. The third kappa shape index (κ3) is 9.15. The van der Waals surface area contributed by atoms with E-state index in [4.69, 9.17) is 0 Å². The van der Waals surface area contributed by atoms with Gasteiger partial charge < -0.3 is 15.3 Å². The van der Waals surface area contributed by atoms with Crippen LogP contribution < -0.4 is 5.32 Å². The lowest BCUT2D eigenvalue weighted by atomic mass is 9.82. The summed E-state index contributed by atoms with van der Waals surface area (Å²) in [6.45, 7) is 7.48. The summed E-state index contributed by atoms with van der Waals surface area (Å²) in [7, 11) is 4.07. The SMILES string of the molecule is CC.CNCCN(C)Cc1cn[nH]c1.OCC1(CC2CCCCC2)CC1. The molecular formula is C21H42N4O. The van der Waals surface area contributed by atoms with Gasteiger partial charge in [0.25, 0.3) is 0 Å². The largest absolute Gasteiger partial charge is 0.396 e. The Bertz CT molecular complexity index is 425. The third-order valence-corrected chi connectivity index (χ3v) is 5.49.